The third kappa shape index (κ3) is 6.95. The van der Waals surface area contributed by atoms with Crippen molar-refractivity contribution < 1.29 is 27.1 Å². The molecule has 8 nitrogen and oxygen atoms in total. The van der Waals surface area contributed by atoms with E-state index in [0.717, 1.165) is 18.7 Å². The van der Waals surface area contributed by atoms with Gasteiger partial charge < -0.3 is 19.3 Å². The highest BCUT2D eigenvalue weighted by Gasteiger charge is 2.42. The minimum atomic E-state index is -3.75. The molecule has 1 amide bonds. The molecule has 0 N–H and O–H groups in total. The van der Waals surface area contributed by atoms with Crippen LogP contribution in [0.25, 0.3) is 0 Å². The molecule has 0 spiro atoms. The Hall–Kier alpha value is -2.69. The molecule has 2 saturated heterocycles. The van der Waals surface area contributed by atoms with Crippen LogP contribution >= 0.6 is 0 Å². The predicted octanol–water partition coefficient (Wildman–Crippen LogP) is 4.15. The molecule has 0 bridgehead atoms. The molecule has 2 aliphatic rings. The second kappa shape index (κ2) is 12.0. The summed E-state index contributed by atoms with van der Waals surface area (Å²) in [7, 11) is -0.124. The van der Waals surface area contributed by atoms with E-state index in [4.69, 9.17) is 9.47 Å². The van der Waals surface area contributed by atoms with Gasteiger partial charge in [0.1, 0.15) is 17.3 Å². The molecule has 2 aromatic rings. The van der Waals surface area contributed by atoms with E-state index < -0.39 is 15.4 Å². The second-order valence-electron chi connectivity index (χ2n) is 12.1. The van der Waals surface area contributed by atoms with E-state index in [-0.39, 0.29) is 48.2 Å². The van der Waals surface area contributed by atoms with Gasteiger partial charge in [0.15, 0.2) is 0 Å². The van der Waals surface area contributed by atoms with Crippen molar-refractivity contribution in [3.8, 4) is 11.5 Å². The van der Waals surface area contributed by atoms with Crippen molar-refractivity contribution in [1.29, 1.82) is 0 Å². The molecule has 4 rings (SSSR count). The van der Waals surface area contributed by atoms with Crippen LogP contribution in [0.5, 0.6) is 11.5 Å². The molecule has 0 aromatic heterocycles. The number of hydrogen-bond acceptors (Lipinski definition) is 6. The van der Waals surface area contributed by atoms with E-state index in [1.54, 1.807) is 37.4 Å². The fourth-order valence-corrected chi connectivity index (χ4v) is 6.88. The maximum absolute atomic E-state index is 13.7. The monoisotopic (exact) mass is 575 g/mol. The highest BCUT2D eigenvalue weighted by molar-refractivity contribution is 7.89. The third-order valence-corrected chi connectivity index (χ3v) is 10.0. The quantitative estimate of drug-likeness (QED) is 0.471. The summed E-state index contributed by atoms with van der Waals surface area (Å²) >= 11 is 0. The number of methoxy groups -OCH3 is 1. The maximum atomic E-state index is 13.7. The number of halogens is 1. The first-order valence-corrected chi connectivity index (χ1v) is 15.3. The molecule has 0 atom stereocenters. The Balaban J connectivity index is 1.52. The Morgan fingerprint density at radius 2 is 1.60 bits per heavy atom. The average molecular weight is 576 g/mol. The minimum Gasteiger partial charge on any atom is -0.496 e. The highest BCUT2D eigenvalue weighted by atomic mass is 32.2. The first-order chi connectivity index (χ1) is 18.8. The molecule has 2 aliphatic heterocycles. The van der Waals surface area contributed by atoms with Gasteiger partial charge in [0.25, 0.3) is 0 Å². The summed E-state index contributed by atoms with van der Waals surface area (Å²) < 4.78 is 53.9. The number of carbonyl (C=O) groups is 1. The fraction of sp³-hybridized carbons (Fsp3) is 0.567. The number of hydrogen-bond donors (Lipinski definition) is 0. The SMILES string of the molecule is COc1ccc(S(=O)(=O)N2CCC(COc3ccc(F)cc3)(CC(=O)N3CCN(C)CC3)CC2)cc1C(C)(C)C. The van der Waals surface area contributed by atoms with Crippen LogP contribution in [0.1, 0.15) is 45.6 Å². The van der Waals surface area contributed by atoms with Crippen molar-refractivity contribution in [3.05, 3.63) is 53.8 Å². The predicted molar refractivity (Wildman–Crippen MR) is 153 cm³/mol. The van der Waals surface area contributed by atoms with Crippen molar-refractivity contribution in [2.75, 3.05) is 60.0 Å². The van der Waals surface area contributed by atoms with Crippen LogP contribution in [-0.4, -0.2) is 88.5 Å². The van der Waals surface area contributed by atoms with E-state index >= 15 is 0 Å². The third-order valence-electron chi connectivity index (χ3n) is 8.14. The zero-order valence-corrected chi connectivity index (χ0v) is 25.1. The summed E-state index contributed by atoms with van der Waals surface area (Å²) in [5.41, 5.74) is -0.0000692. The lowest BCUT2D eigenvalue weighted by Gasteiger charge is -2.42. The molecule has 2 aromatic carbocycles. The Bertz CT molecular complexity index is 1280. The highest BCUT2D eigenvalue weighted by Crippen LogP contribution is 2.39. The lowest BCUT2D eigenvalue weighted by molar-refractivity contribution is -0.136. The van der Waals surface area contributed by atoms with Gasteiger partial charge in [-0.3, -0.25) is 4.79 Å². The fourth-order valence-electron chi connectivity index (χ4n) is 5.41. The lowest BCUT2D eigenvalue weighted by atomic mass is 9.76. The summed E-state index contributed by atoms with van der Waals surface area (Å²) in [5.74, 6) is 0.899. The van der Waals surface area contributed by atoms with Crippen LogP contribution in [0.3, 0.4) is 0 Å². The molecule has 0 aliphatic carbocycles. The number of ether oxygens (including phenoxy) is 2. The summed E-state index contributed by atoms with van der Waals surface area (Å²) in [6, 6.07) is 10.8. The van der Waals surface area contributed by atoms with Crippen molar-refractivity contribution >= 4 is 15.9 Å². The number of carbonyl (C=O) groups excluding carboxylic acids is 1. The molecule has 2 heterocycles. The molecule has 40 heavy (non-hydrogen) atoms. The molecular formula is C30H42FN3O5S. The Morgan fingerprint density at radius 3 is 2.17 bits per heavy atom. The molecule has 0 saturated carbocycles. The van der Waals surface area contributed by atoms with Gasteiger partial charge in [-0.2, -0.15) is 4.31 Å². The van der Waals surface area contributed by atoms with Crippen LogP contribution in [0.4, 0.5) is 4.39 Å². The summed E-state index contributed by atoms with van der Waals surface area (Å²) in [4.78, 5) is 17.7. The van der Waals surface area contributed by atoms with Crippen LogP contribution in [-0.2, 0) is 20.2 Å². The second-order valence-corrected chi connectivity index (χ2v) is 14.1. The van der Waals surface area contributed by atoms with Crippen LogP contribution < -0.4 is 9.47 Å². The summed E-state index contributed by atoms with van der Waals surface area (Å²) in [6.07, 6.45) is 1.24. The molecule has 10 heteroatoms. The van der Waals surface area contributed by atoms with Gasteiger partial charge in [0.05, 0.1) is 18.6 Å². The van der Waals surface area contributed by atoms with Crippen LogP contribution in [0.15, 0.2) is 47.4 Å². The number of sulfonamides is 1. The van der Waals surface area contributed by atoms with E-state index in [2.05, 4.69) is 4.90 Å². The zero-order chi connectivity index (χ0) is 29.1. The molecule has 2 fully saturated rings. The number of likely N-dealkylation sites (N-methyl/N-ethyl adjacent to an activating group) is 1. The average Bonchev–Trinajstić information content (AvgIpc) is 2.92. The molecule has 0 unspecified atom stereocenters. The van der Waals surface area contributed by atoms with Gasteiger partial charge in [-0.05, 0) is 67.8 Å². The van der Waals surface area contributed by atoms with Crippen molar-refractivity contribution in [2.45, 2.75) is 50.3 Å². The van der Waals surface area contributed by atoms with Gasteiger partial charge in [0, 0.05) is 56.7 Å². The van der Waals surface area contributed by atoms with Gasteiger partial charge in [0.2, 0.25) is 15.9 Å². The van der Waals surface area contributed by atoms with E-state index in [0.29, 0.717) is 37.4 Å². The molecule has 0 radical (unpaired) electrons. The van der Waals surface area contributed by atoms with Crippen molar-refractivity contribution in [3.63, 3.8) is 0 Å². The summed E-state index contributed by atoms with van der Waals surface area (Å²) in [5, 5.41) is 0. The first-order valence-electron chi connectivity index (χ1n) is 13.9. The topological polar surface area (TPSA) is 79.4 Å². The number of amides is 1. The molecular weight excluding hydrogens is 533 g/mol. The van der Waals surface area contributed by atoms with Gasteiger partial charge in [-0.25, -0.2) is 12.8 Å². The minimum absolute atomic E-state index is 0.0667. The lowest BCUT2D eigenvalue weighted by Crippen LogP contribution is -2.51. The number of piperidine rings is 1. The van der Waals surface area contributed by atoms with Crippen molar-refractivity contribution in [2.24, 2.45) is 5.41 Å². The van der Waals surface area contributed by atoms with Crippen molar-refractivity contribution in [1.82, 2.24) is 14.1 Å². The van der Waals surface area contributed by atoms with Gasteiger partial charge in [-0.1, -0.05) is 20.8 Å². The van der Waals surface area contributed by atoms with Gasteiger partial charge in [-0.15, -0.1) is 0 Å². The zero-order valence-electron chi connectivity index (χ0n) is 24.3. The van der Waals surface area contributed by atoms with Crippen LogP contribution in [0, 0.1) is 11.2 Å². The number of nitrogens with zero attached hydrogens (tertiary/aromatic N) is 3. The van der Waals surface area contributed by atoms with Gasteiger partial charge >= 0.3 is 0 Å². The van der Waals surface area contributed by atoms with E-state index in [1.165, 1.54) is 16.4 Å². The standard InChI is InChI=1S/C30H42FN3O5S/c1-29(2,3)26-20-25(10-11-27(26)38-5)40(36,37)34-14-12-30(13-15-34,22-39-24-8-6-23(31)7-9-24)21-28(35)33-18-16-32(4)17-19-33/h6-11,20H,12-19,21-22H2,1-5H3. The largest absolute Gasteiger partial charge is 0.496 e. The molecule has 220 valence electrons. The summed E-state index contributed by atoms with van der Waals surface area (Å²) in [6.45, 7) is 9.90. The Kier molecular flexibility index (Phi) is 9.11. The Morgan fingerprint density at radius 1 is 0.975 bits per heavy atom. The number of benzene rings is 2. The van der Waals surface area contributed by atoms with Crippen LogP contribution in [0.2, 0.25) is 0 Å². The smallest absolute Gasteiger partial charge is 0.243 e. The normalized spacial score (nSPS) is 18.9. The van der Waals surface area contributed by atoms with E-state index in [9.17, 15) is 17.6 Å². The first kappa shape index (κ1) is 30.3. The van der Waals surface area contributed by atoms with E-state index in [1.807, 2.05) is 32.7 Å². The maximum Gasteiger partial charge on any atom is 0.243 e. The number of piperazine rings is 1. The number of rotatable bonds is 8. The Labute approximate surface area is 238 Å².